The summed E-state index contributed by atoms with van der Waals surface area (Å²) >= 11 is 0. The van der Waals surface area contributed by atoms with E-state index in [2.05, 4.69) is 11.1 Å². The summed E-state index contributed by atoms with van der Waals surface area (Å²) in [4.78, 5) is 34.2. The third-order valence-corrected chi connectivity index (χ3v) is 6.75. The molecule has 2 aliphatic heterocycles. The first kappa shape index (κ1) is 22.4. The van der Waals surface area contributed by atoms with Crippen LogP contribution in [0, 0.1) is 0 Å². The van der Waals surface area contributed by atoms with E-state index in [0.717, 1.165) is 27.7 Å². The van der Waals surface area contributed by atoms with Crippen molar-refractivity contribution in [3.05, 3.63) is 65.4 Å². The minimum absolute atomic E-state index is 0.0264. The number of hydrogen-bond donors (Lipinski definition) is 1. The zero-order valence-electron chi connectivity index (χ0n) is 19.6. The van der Waals surface area contributed by atoms with Gasteiger partial charge in [0.1, 0.15) is 24.4 Å². The molecular weight excluding hydrogens is 434 g/mol. The monoisotopic (exact) mass is 463 g/mol. The number of para-hydroxylation sites is 2. The van der Waals surface area contributed by atoms with Crippen LogP contribution in [-0.4, -0.2) is 72.8 Å². The van der Waals surface area contributed by atoms with Crippen molar-refractivity contribution in [2.45, 2.75) is 31.7 Å². The van der Waals surface area contributed by atoms with E-state index in [9.17, 15) is 9.59 Å². The standard InChI is InChI=1S/C26H29N3O5/c1-4-34-21-12-8-6-10-17(21)25-24-18(16-9-5-7-11-19(16)27-24)13-20-26(31)28(14-22(30)29(20)25)15-23(32-2)33-3/h5-12,20,23,25,27H,4,13-15H2,1-3H3. The van der Waals surface area contributed by atoms with Crippen molar-refractivity contribution in [1.29, 1.82) is 0 Å². The lowest BCUT2D eigenvalue weighted by Gasteiger charge is -2.47. The number of carbonyl (C=O) groups is 2. The highest BCUT2D eigenvalue weighted by atomic mass is 16.7. The zero-order valence-corrected chi connectivity index (χ0v) is 19.6. The minimum Gasteiger partial charge on any atom is -0.494 e. The number of aromatic amines is 1. The maximum atomic E-state index is 13.7. The molecule has 178 valence electrons. The minimum atomic E-state index is -0.623. The molecule has 8 heteroatoms. The lowest BCUT2D eigenvalue weighted by Crippen LogP contribution is -2.64. The van der Waals surface area contributed by atoms with Crippen molar-refractivity contribution in [2.75, 3.05) is 33.9 Å². The second kappa shape index (κ2) is 9.12. The Labute approximate surface area is 198 Å². The molecule has 2 atom stereocenters. The second-order valence-corrected chi connectivity index (χ2v) is 8.58. The molecule has 5 rings (SSSR count). The Morgan fingerprint density at radius 3 is 2.56 bits per heavy atom. The van der Waals surface area contributed by atoms with Crippen LogP contribution in [0.15, 0.2) is 48.5 Å². The molecule has 1 N–H and O–H groups in total. The normalized spacial score (nSPS) is 20.1. The molecule has 0 spiro atoms. The van der Waals surface area contributed by atoms with Gasteiger partial charge in [-0.05, 0) is 24.6 Å². The smallest absolute Gasteiger partial charge is 0.246 e. The van der Waals surface area contributed by atoms with Crippen LogP contribution in [0.25, 0.3) is 10.9 Å². The van der Waals surface area contributed by atoms with Gasteiger partial charge in [0.2, 0.25) is 11.8 Å². The fourth-order valence-electron chi connectivity index (χ4n) is 5.22. The molecule has 0 saturated carbocycles. The SMILES string of the molecule is CCOc1ccccc1C1c2[nH]c3ccccc3c2CC2C(=O)N(CC(OC)OC)CC(=O)N21. The number of ether oxygens (including phenoxy) is 3. The van der Waals surface area contributed by atoms with Gasteiger partial charge in [0, 0.05) is 42.8 Å². The van der Waals surface area contributed by atoms with E-state index in [1.807, 2.05) is 49.4 Å². The van der Waals surface area contributed by atoms with E-state index in [0.29, 0.717) is 18.8 Å². The molecule has 2 amide bonds. The number of methoxy groups -OCH3 is 2. The van der Waals surface area contributed by atoms with E-state index < -0.39 is 18.4 Å². The van der Waals surface area contributed by atoms with Gasteiger partial charge in [-0.2, -0.15) is 0 Å². The summed E-state index contributed by atoms with van der Waals surface area (Å²) in [6.07, 6.45) is -0.150. The third-order valence-electron chi connectivity index (χ3n) is 6.75. The number of piperazine rings is 1. The highest BCUT2D eigenvalue weighted by Gasteiger charge is 2.49. The van der Waals surface area contributed by atoms with Crippen molar-refractivity contribution in [2.24, 2.45) is 0 Å². The first-order valence-electron chi connectivity index (χ1n) is 11.5. The van der Waals surface area contributed by atoms with Gasteiger partial charge in [-0.25, -0.2) is 0 Å². The fourth-order valence-corrected chi connectivity index (χ4v) is 5.22. The van der Waals surface area contributed by atoms with Gasteiger partial charge in [-0.15, -0.1) is 0 Å². The molecule has 34 heavy (non-hydrogen) atoms. The summed E-state index contributed by atoms with van der Waals surface area (Å²) in [5.74, 6) is 0.492. The average molecular weight is 464 g/mol. The van der Waals surface area contributed by atoms with Crippen molar-refractivity contribution in [3.8, 4) is 5.75 Å². The largest absolute Gasteiger partial charge is 0.494 e. The van der Waals surface area contributed by atoms with Crippen molar-refractivity contribution >= 4 is 22.7 Å². The number of nitrogens with zero attached hydrogens (tertiary/aromatic N) is 2. The first-order valence-corrected chi connectivity index (χ1v) is 11.5. The summed E-state index contributed by atoms with van der Waals surface area (Å²) in [6, 6.07) is 14.7. The third kappa shape index (κ3) is 3.63. The van der Waals surface area contributed by atoms with Gasteiger partial charge in [0.05, 0.1) is 13.2 Å². The summed E-state index contributed by atoms with van der Waals surface area (Å²) in [5, 5.41) is 1.07. The van der Waals surface area contributed by atoms with Gasteiger partial charge in [0.15, 0.2) is 6.29 Å². The number of aromatic nitrogens is 1. The van der Waals surface area contributed by atoms with E-state index >= 15 is 0 Å². The van der Waals surface area contributed by atoms with E-state index in [1.165, 1.54) is 14.2 Å². The van der Waals surface area contributed by atoms with Crippen LogP contribution in [0.4, 0.5) is 0 Å². The first-order chi connectivity index (χ1) is 16.6. The Balaban J connectivity index is 1.65. The number of rotatable bonds is 7. The lowest BCUT2D eigenvalue weighted by atomic mass is 9.86. The Kier molecular flexibility index (Phi) is 6.02. The summed E-state index contributed by atoms with van der Waals surface area (Å²) in [6.45, 7) is 2.61. The van der Waals surface area contributed by atoms with E-state index in [-0.39, 0.29) is 24.9 Å². The van der Waals surface area contributed by atoms with E-state index in [1.54, 1.807) is 9.80 Å². The Morgan fingerprint density at radius 2 is 1.79 bits per heavy atom. The maximum absolute atomic E-state index is 13.7. The molecule has 2 aromatic carbocycles. The van der Waals surface area contributed by atoms with Crippen LogP contribution in [-0.2, 0) is 25.5 Å². The van der Waals surface area contributed by atoms with Gasteiger partial charge < -0.3 is 29.0 Å². The fraction of sp³-hybridized carbons (Fsp3) is 0.385. The van der Waals surface area contributed by atoms with Crippen LogP contribution in [0.3, 0.4) is 0 Å². The highest BCUT2D eigenvalue weighted by molar-refractivity contribution is 5.97. The quantitative estimate of drug-likeness (QED) is 0.545. The predicted molar refractivity (Wildman–Crippen MR) is 126 cm³/mol. The molecule has 0 aliphatic carbocycles. The maximum Gasteiger partial charge on any atom is 0.246 e. The summed E-state index contributed by atoms with van der Waals surface area (Å²) in [5.41, 5.74) is 3.85. The average Bonchev–Trinajstić information content (AvgIpc) is 3.23. The van der Waals surface area contributed by atoms with Crippen LogP contribution in [0.1, 0.15) is 29.8 Å². The second-order valence-electron chi connectivity index (χ2n) is 8.58. The zero-order chi connectivity index (χ0) is 23.8. The Hall–Kier alpha value is -3.36. The molecule has 0 radical (unpaired) electrons. The number of fused-ring (bicyclic) bond motifs is 4. The molecule has 8 nitrogen and oxygen atoms in total. The predicted octanol–water partition coefficient (Wildman–Crippen LogP) is 2.87. The van der Waals surface area contributed by atoms with Gasteiger partial charge in [0.25, 0.3) is 0 Å². The topological polar surface area (TPSA) is 84.1 Å². The molecule has 1 fully saturated rings. The van der Waals surface area contributed by atoms with Crippen molar-refractivity contribution in [3.63, 3.8) is 0 Å². The molecule has 2 aliphatic rings. The number of hydrogen-bond acceptors (Lipinski definition) is 5. The molecule has 2 unspecified atom stereocenters. The van der Waals surface area contributed by atoms with E-state index in [4.69, 9.17) is 14.2 Å². The number of benzene rings is 2. The number of amides is 2. The summed E-state index contributed by atoms with van der Waals surface area (Å²) in [7, 11) is 3.05. The van der Waals surface area contributed by atoms with Gasteiger partial charge >= 0.3 is 0 Å². The van der Waals surface area contributed by atoms with Gasteiger partial charge in [-0.1, -0.05) is 36.4 Å². The van der Waals surface area contributed by atoms with Gasteiger partial charge in [-0.3, -0.25) is 9.59 Å². The number of nitrogens with one attached hydrogen (secondary N) is 1. The molecule has 1 aromatic heterocycles. The Morgan fingerprint density at radius 1 is 1.06 bits per heavy atom. The van der Waals surface area contributed by atoms with Crippen LogP contribution in [0.2, 0.25) is 0 Å². The van der Waals surface area contributed by atoms with Crippen molar-refractivity contribution in [1.82, 2.24) is 14.8 Å². The Bertz CT molecular complexity index is 1220. The summed E-state index contributed by atoms with van der Waals surface area (Å²) < 4.78 is 16.5. The van der Waals surface area contributed by atoms with Crippen LogP contribution >= 0.6 is 0 Å². The lowest BCUT2D eigenvalue weighted by molar-refractivity contribution is -0.167. The molecular formula is C26H29N3O5. The molecule has 3 aromatic rings. The van der Waals surface area contributed by atoms with Crippen LogP contribution in [0.5, 0.6) is 5.75 Å². The number of H-pyrrole nitrogens is 1. The molecule has 0 bridgehead atoms. The molecule has 3 heterocycles. The number of carbonyl (C=O) groups excluding carboxylic acids is 2. The van der Waals surface area contributed by atoms with Crippen molar-refractivity contribution < 1.29 is 23.8 Å². The van der Waals surface area contributed by atoms with Crippen LogP contribution < -0.4 is 4.74 Å². The highest BCUT2D eigenvalue weighted by Crippen LogP contribution is 2.44. The molecule has 1 saturated heterocycles.